The van der Waals surface area contributed by atoms with Crippen LogP contribution in [0.1, 0.15) is 6.42 Å². The van der Waals surface area contributed by atoms with Gasteiger partial charge in [0.2, 0.25) is 11.8 Å². The van der Waals surface area contributed by atoms with E-state index in [4.69, 9.17) is 15.6 Å². The number of carboxylic acid groups (broad SMARTS) is 1. The van der Waals surface area contributed by atoms with E-state index in [-0.39, 0.29) is 37.1 Å². The SMILES string of the molecule is NCC(=O)NC/C=C1/O[C@H]2CC(=O)N2[C@@H]1C(=O)O. The number of fused-ring (bicyclic) bond motifs is 1. The van der Waals surface area contributed by atoms with E-state index in [0.717, 1.165) is 0 Å². The lowest BCUT2D eigenvalue weighted by Crippen LogP contribution is -2.54. The summed E-state index contributed by atoms with van der Waals surface area (Å²) in [6, 6.07) is -1.09. The van der Waals surface area contributed by atoms with Crippen molar-refractivity contribution < 1.29 is 24.2 Å². The average molecular weight is 255 g/mol. The van der Waals surface area contributed by atoms with Gasteiger partial charge in [0.1, 0.15) is 5.76 Å². The average Bonchev–Trinajstić information content (AvgIpc) is 2.61. The van der Waals surface area contributed by atoms with E-state index in [1.165, 1.54) is 11.0 Å². The number of hydrogen-bond donors (Lipinski definition) is 3. The van der Waals surface area contributed by atoms with Crippen molar-refractivity contribution in [2.45, 2.75) is 18.7 Å². The second-order valence-electron chi connectivity index (χ2n) is 3.93. The molecule has 8 nitrogen and oxygen atoms in total. The van der Waals surface area contributed by atoms with Crippen LogP contribution >= 0.6 is 0 Å². The first-order valence-electron chi connectivity index (χ1n) is 5.42. The van der Waals surface area contributed by atoms with Gasteiger partial charge < -0.3 is 20.9 Å². The summed E-state index contributed by atoms with van der Waals surface area (Å²) < 4.78 is 5.32. The Morgan fingerprint density at radius 2 is 2.33 bits per heavy atom. The normalized spacial score (nSPS) is 27.5. The topological polar surface area (TPSA) is 122 Å². The van der Waals surface area contributed by atoms with Crippen LogP contribution in [0.4, 0.5) is 0 Å². The second kappa shape index (κ2) is 4.65. The van der Waals surface area contributed by atoms with Crippen molar-refractivity contribution in [2.24, 2.45) is 5.73 Å². The molecule has 2 aliphatic rings. The van der Waals surface area contributed by atoms with Crippen molar-refractivity contribution in [1.29, 1.82) is 0 Å². The molecule has 2 aliphatic heterocycles. The summed E-state index contributed by atoms with van der Waals surface area (Å²) in [5.74, 6) is -1.57. The molecule has 0 saturated carbocycles. The van der Waals surface area contributed by atoms with Gasteiger partial charge in [0.05, 0.1) is 13.0 Å². The summed E-state index contributed by atoms with van der Waals surface area (Å²) >= 11 is 0. The van der Waals surface area contributed by atoms with Gasteiger partial charge in [0.15, 0.2) is 12.3 Å². The number of rotatable bonds is 4. The number of amides is 2. The third kappa shape index (κ3) is 2.02. The molecule has 98 valence electrons. The van der Waals surface area contributed by atoms with Crippen molar-refractivity contribution in [3.05, 3.63) is 11.8 Å². The molecule has 0 bridgehead atoms. The van der Waals surface area contributed by atoms with Gasteiger partial charge in [-0.15, -0.1) is 0 Å². The predicted molar refractivity (Wildman–Crippen MR) is 57.9 cm³/mol. The van der Waals surface area contributed by atoms with Gasteiger partial charge >= 0.3 is 5.97 Å². The molecule has 0 aromatic carbocycles. The standard InChI is InChI=1S/C10H13N3O5/c11-4-6(14)12-2-1-5-9(10(16)17)13-7(15)3-8(13)18-5/h1,8-9H,2-4,11H2,(H,12,14)(H,16,17)/b5-1+/t8-,9-/m0/s1. The van der Waals surface area contributed by atoms with Crippen LogP contribution in [-0.2, 0) is 19.1 Å². The van der Waals surface area contributed by atoms with Crippen LogP contribution in [0.5, 0.6) is 0 Å². The van der Waals surface area contributed by atoms with Crippen molar-refractivity contribution in [1.82, 2.24) is 10.2 Å². The second-order valence-corrected chi connectivity index (χ2v) is 3.93. The first-order valence-corrected chi connectivity index (χ1v) is 5.42. The van der Waals surface area contributed by atoms with Crippen molar-refractivity contribution >= 4 is 17.8 Å². The van der Waals surface area contributed by atoms with Crippen LogP contribution in [0.2, 0.25) is 0 Å². The molecule has 4 N–H and O–H groups in total. The molecule has 2 saturated heterocycles. The quantitative estimate of drug-likeness (QED) is 0.499. The van der Waals surface area contributed by atoms with Crippen LogP contribution in [0.25, 0.3) is 0 Å². The highest BCUT2D eigenvalue weighted by Gasteiger charge is 2.53. The first kappa shape index (κ1) is 12.4. The fourth-order valence-corrected chi connectivity index (χ4v) is 1.91. The van der Waals surface area contributed by atoms with Gasteiger partial charge in [-0.3, -0.25) is 14.5 Å². The molecule has 18 heavy (non-hydrogen) atoms. The third-order valence-corrected chi connectivity index (χ3v) is 2.79. The van der Waals surface area contributed by atoms with Crippen LogP contribution in [0, 0.1) is 0 Å². The van der Waals surface area contributed by atoms with Crippen molar-refractivity contribution in [3.8, 4) is 0 Å². The summed E-state index contributed by atoms with van der Waals surface area (Å²) in [6.45, 7) is -0.0243. The summed E-state index contributed by atoms with van der Waals surface area (Å²) in [5, 5.41) is 11.5. The van der Waals surface area contributed by atoms with Gasteiger partial charge in [-0.05, 0) is 6.08 Å². The fraction of sp³-hybridized carbons (Fsp3) is 0.500. The maximum Gasteiger partial charge on any atom is 0.334 e. The Hall–Kier alpha value is -2.09. The number of hydrogen-bond acceptors (Lipinski definition) is 5. The van der Waals surface area contributed by atoms with Crippen molar-refractivity contribution in [3.63, 3.8) is 0 Å². The lowest BCUT2D eigenvalue weighted by molar-refractivity contribution is -0.163. The highest BCUT2D eigenvalue weighted by molar-refractivity contribution is 5.91. The van der Waals surface area contributed by atoms with E-state index in [2.05, 4.69) is 5.32 Å². The number of ether oxygens (including phenoxy) is 1. The predicted octanol–water partition coefficient (Wildman–Crippen LogP) is -2.01. The zero-order valence-corrected chi connectivity index (χ0v) is 9.46. The Labute approximate surface area is 102 Å². The molecule has 2 atom stereocenters. The summed E-state index contributed by atoms with van der Waals surface area (Å²) in [7, 11) is 0. The summed E-state index contributed by atoms with van der Waals surface area (Å²) in [5.41, 5.74) is 5.10. The molecule has 0 aromatic heterocycles. The van der Waals surface area contributed by atoms with Gasteiger partial charge in [0.25, 0.3) is 0 Å². The lowest BCUT2D eigenvalue weighted by Gasteiger charge is -2.33. The zero-order chi connectivity index (χ0) is 13.3. The number of carbonyl (C=O) groups is 3. The van der Waals surface area contributed by atoms with Gasteiger partial charge in [0, 0.05) is 6.54 Å². The molecule has 0 spiro atoms. The Balaban J connectivity index is 2.03. The molecule has 2 rings (SSSR count). The Bertz CT molecular complexity index is 433. The summed E-state index contributed by atoms with van der Waals surface area (Å²) in [6.07, 6.45) is 1.14. The molecule has 0 radical (unpaired) electrons. The molecule has 2 heterocycles. The number of nitrogens with zero attached hydrogens (tertiary/aromatic N) is 1. The number of carboxylic acids is 1. The Morgan fingerprint density at radius 1 is 1.61 bits per heavy atom. The molecule has 2 amide bonds. The fourth-order valence-electron chi connectivity index (χ4n) is 1.91. The van der Waals surface area contributed by atoms with Gasteiger partial charge in [-0.1, -0.05) is 0 Å². The third-order valence-electron chi connectivity index (χ3n) is 2.79. The van der Waals surface area contributed by atoms with Crippen LogP contribution in [0.15, 0.2) is 11.8 Å². The highest BCUT2D eigenvalue weighted by Crippen LogP contribution is 2.36. The molecular weight excluding hydrogens is 242 g/mol. The minimum Gasteiger partial charge on any atom is -0.479 e. The number of aliphatic carboxylic acids is 1. The van der Waals surface area contributed by atoms with Crippen LogP contribution < -0.4 is 11.1 Å². The zero-order valence-electron chi connectivity index (χ0n) is 9.46. The van der Waals surface area contributed by atoms with Crippen LogP contribution in [-0.4, -0.2) is 53.1 Å². The molecular formula is C10H13N3O5. The highest BCUT2D eigenvalue weighted by atomic mass is 16.5. The maximum absolute atomic E-state index is 11.3. The summed E-state index contributed by atoms with van der Waals surface area (Å²) in [4.78, 5) is 34.4. The molecule has 0 unspecified atom stereocenters. The number of carbonyl (C=O) groups excluding carboxylic acids is 2. The maximum atomic E-state index is 11.3. The number of nitrogens with two attached hydrogens (primary N) is 1. The van der Waals surface area contributed by atoms with Crippen molar-refractivity contribution in [2.75, 3.05) is 13.1 Å². The van der Waals surface area contributed by atoms with Crippen LogP contribution in [0.3, 0.4) is 0 Å². The number of β-lactam (4-membered cyclic amide) rings is 1. The molecule has 0 aromatic rings. The largest absolute Gasteiger partial charge is 0.479 e. The van der Waals surface area contributed by atoms with E-state index >= 15 is 0 Å². The number of nitrogens with one attached hydrogen (secondary N) is 1. The Morgan fingerprint density at radius 3 is 2.89 bits per heavy atom. The van der Waals surface area contributed by atoms with E-state index < -0.39 is 18.2 Å². The Kier molecular flexibility index (Phi) is 3.19. The van der Waals surface area contributed by atoms with E-state index in [0.29, 0.717) is 0 Å². The smallest absolute Gasteiger partial charge is 0.334 e. The van der Waals surface area contributed by atoms with E-state index in [1.807, 2.05) is 0 Å². The van der Waals surface area contributed by atoms with Gasteiger partial charge in [-0.25, -0.2) is 4.79 Å². The van der Waals surface area contributed by atoms with E-state index in [1.54, 1.807) is 0 Å². The molecule has 2 fully saturated rings. The minimum absolute atomic E-state index is 0.115. The first-order chi connectivity index (χ1) is 8.54. The monoisotopic (exact) mass is 255 g/mol. The lowest BCUT2D eigenvalue weighted by atomic mass is 10.1. The molecule has 0 aliphatic carbocycles. The van der Waals surface area contributed by atoms with Gasteiger partial charge in [-0.2, -0.15) is 0 Å². The molecule has 8 heteroatoms. The minimum atomic E-state index is -1.15. The van der Waals surface area contributed by atoms with E-state index in [9.17, 15) is 14.4 Å².